The van der Waals surface area contributed by atoms with Crippen LogP contribution in [0.15, 0.2) is 12.3 Å². The van der Waals surface area contributed by atoms with Crippen LogP contribution in [0.25, 0.3) is 0 Å². The predicted octanol–water partition coefficient (Wildman–Crippen LogP) is 1.18. The number of anilines is 1. The number of carbonyl (C=O) groups is 2. The van der Waals surface area contributed by atoms with Crippen molar-refractivity contribution in [3.05, 3.63) is 12.3 Å². The van der Waals surface area contributed by atoms with E-state index in [0.717, 1.165) is 25.8 Å². The van der Waals surface area contributed by atoms with Gasteiger partial charge in [0, 0.05) is 32.3 Å². The van der Waals surface area contributed by atoms with Crippen LogP contribution in [0, 0.1) is 0 Å². The van der Waals surface area contributed by atoms with Crippen molar-refractivity contribution in [3.63, 3.8) is 0 Å². The van der Waals surface area contributed by atoms with Crippen molar-refractivity contribution in [3.8, 4) is 0 Å². The molecule has 2 fully saturated rings. The van der Waals surface area contributed by atoms with E-state index in [-0.39, 0.29) is 30.1 Å². The Morgan fingerprint density at radius 3 is 2.86 bits per heavy atom. The van der Waals surface area contributed by atoms with E-state index in [1.807, 2.05) is 22.7 Å². The molecule has 0 aliphatic carbocycles. The van der Waals surface area contributed by atoms with Crippen molar-refractivity contribution in [2.75, 3.05) is 18.4 Å². The molecule has 3 rings (SSSR count). The van der Waals surface area contributed by atoms with E-state index in [0.29, 0.717) is 12.4 Å². The number of nitrogens with one attached hydrogen (secondary N) is 1. The molecule has 3 heterocycles. The van der Waals surface area contributed by atoms with Crippen molar-refractivity contribution in [1.82, 2.24) is 14.7 Å². The van der Waals surface area contributed by atoms with Gasteiger partial charge in [0.25, 0.3) is 5.91 Å². The van der Waals surface area contributed by atoms with Crippen LogP contribution in [0.3, 0.4) is 0 Å². The average molecular weight is 306 g/mol. The summed E-state index contributed by atoms with van der Waals surface area (Å²) in [6, 6.07) is 1.93. The lowest BCUT2D eigenvalue weighted by Gasteiger charge is -2.20. The molecule has 7 heteroatoms. The summed E-state index contributed by atoms with van der Waals surface area (Å²) in [5, 5.41) is 7.01. The highest BCUT2D eigenvalue weighted by Crippen LogP contribution is 2.26. The summed E-state index contributed by atoms with van der Waals surface area (Å²) in [4.78, 5) is 25.3. The molecular formula is C15H22N4O3. The van der Waals surface area contributed by atoms with Crippen LogP contribution >= 0.6 is 0 Å². The fourth-order valence-electron chi connectivity index (χ4n) is 3.13. The van der Waals surface area contributed by atoms with Gasteiger partial charge in [-0.15, -0.1) is 0 Å². The molecule has 0 unspecified atom stereocenters. The van der Waals surface area contributed by atoms with Crippen molar-refractivity contribution >= 4 is 17.6 Å². The molecule has 2 aliphatic rings. The van der Waals surface area contributed by atoms with Gasteiger partial charge in [-0.1, -0.05) is 0 Å². The largest absolute Gasteiger partial charge is 0.365 e. The number of amides is 2. The molecule has 1 N–H and O–H groups in total. The van der Waals surface area contributed by atoms with Crippen molar-refractivity contribution in [1.29, 1.82) is 0 Å². The zero-order chi connectivity index (χ0) is 15.7. The fraction of sp³-hybridized carbons (Fsp3) is 0.667. The molecule has 2 amide bonds. The Bertz CT molecular complexity index is 571. The highest BCUT2D eigenvalue weighted by molar-refractivity contribution is 5.87. The van der Waals surface area contributed by atoms with Crippen LogP contribution in [0.1, 0.15) is 39.2 Å². The van der Waals surface area contributed by atoms with Crippen LogP contribution < -0.4 is 5.32 Å². The Morgan fingerprint density at radius 1 is 1.36 bits per heavy atom. The summed E-state index contributed by atoms with van der Waals surface area (Å²) in [6.07, 6.45) is 4.38. The average Bonchev–Trinajstić information content (AvgIpc) is 3.16. The molecule has 0 radical (unpaired) electrons. The van der Waals surface area contributed by atoms with Crippen LogP contribution in [0.4, 0.5) is 5.82 Å². The van der Waals surface area contributed by atoms with Crippen molar-refractivity contribution < 1.29 is 14.3 Å². The molecular weight excluding hydrogens is 284 g/mol. The predicted molar refractivity (Wildman–Crippen MR) is 80.3 cm³/mol. The van der Waals surface area contributed by atoms with Gasteiger partial charge in [0.1, 0.15) is 6.10 Å². The Balaban J connectivity index is 1.58. The number of nitrogens with zero attached hydrogens (tertiary/aromatic N) is 3. The molecule has 120 valence electrons. The van der Waals surface area contributed by atoms with Gasteiger partial charge in [0.2, 0.25) is 5.91 Å². The third kappa shape index (κ3) is 3.14. The number of hydrogen-bond acceptors (Lipinski definition) is 4. The molecule has 0 aromatic carbocycles. The molecule has 0 saturated carbocycles. The topological polar surface area (TPSA) is 76.5 Å². The summed E-state index contributed by atoms with van der Waals surface area (Å²) >= 11 is 0. The number of hydrogen-bond donors (Lipinski definition) is 1. The van der Waals surface area contributed by atoms with Crippen LogP contribution in [0.5, 0.6) is 0 Å². The molecule has 1 aromatic rings. The lowest BCUT2D eigenvalue weighted by molar-refractivity contribution is -0.141. The molecule has 0 bridgehead atoms. The zero-order valence-electron chi connectivity index (χ0n) is 13.0. The first-order chi connectivity index (χ1) is 10.5. The van der Waals surface area contributed by atoms with E-state index < -0.39 is 0 Å². The van der Waals surface area contributed by atoms with Crippen molar-refractivity contribution in [2.45, 2.75) is 51.4 Å². The van der Waals surface area contributed by atoms with E-state index in [9.17, 15) is 9.59 Å². The molecule has 2 aliphatic heterocycles. The lowest BCUT2D eigenvalue weighted by atomic mass is 10.2. The van der Waals surface area contributed by atoms with Gasteiger partial charge in [0.05, 0.1) is 12.1 Å². The summed E-state index contributed by atoms with van der Waals surface area (Å²) in [5.41, 5.74) is 0. The molecule has 3 atom stereocenters. The molecule has 22 heavy (non-hydrogen) atoms. The monoisotopic (exact) mass is 306 g/mol. The minimum atomic E-state index is -0.277. The van der Waals surface area contributed by atoms with Gasteiger partial charge in [-0.3, -0.25) is 14.3 Å². The van der Waals surface area contributed by atoms with Gasteiger partial charge in [-0.05, 0) is 26.2 Å². The third-order valence-corrected chi connectivity index (χ3v) is 4.27. The minimum absolute atomic E-state index is 0.0982. The first kappa shape index (κ1) is 15.0. The number of aromatic nitrogens is 2. The highest BCUT2D eigenvalue weighted by Gasteiger charge is 2.35. The van der Waals surface area contributed by atoms with Crippen LogP contribution in [-0.4, -0.2) is 51.8 Å². The highest BCUT2D eigenvalue weighted by atomic mass is 16.5. The van der Waals surface area contributed by atoms with Gasteiger partial charge < -0.3 is 15.0 Å². The smallest absolute Gasteiger partial charge is 0.251 e. The summed E-state index contributed by atoms with van der Waals surface area (Å²) < 4.78 is 7.49. The van der Waals surface area contributed by atoms with Gasteiger partial charge in [-0.25, -0.2) is 0 Å². The molecule has 2 saturated heterocycles. The van der Waals surface area contributed by atoms with E-state index >= 15 is 0 Å². The molecule has 7 nitrogen and oxygen atoms in total. The second-order valence-electron chi connectivity index (χ2n) is 6.10. The quantitative estimate of drug-likeness (QED) is 0.910. The van der Waals surface area contributed by atoms with E-state index in [4.69, 9.17) is 4.74 Å². The van der Waals surface area contributed by atoms with Crippen LogP contribution in [0.2, 0.25) is 0 Å². The van der Waals surface area contributed by atoms with E-state index in [2.05, 4.69) is 10.4 Å². The summed E-state index contributed by atoms with van der Waals surface area (Å²) in [7, 11) is 0. The maximum Gasteiger partial charge on any atom is 0.251 e. The fourth-order valence-corrected chi connectivity index (χ4v) is 3.13. The van der Waals surface area contributed by atoms with E-state index in [1.54, 1.807) is 6.07 Å². The second-order valence-corrected chi connectivity index (χ2v) is 6.10. The minimum Gasteiger partial charge on any atom is -0.365 e. The number of carbonyl (C=O) groups excluding carboxylic acids is 2. The normalized spacial score (nSPS) is 28.1. The SMILES string of the molecule is CC(=O)Nc1ccn([C@@H]2CCN(C(=O)[C@@H]3CC[C@@H](C)O3)C2)n1. The van der Waals surface area contributed by atoms with Gasteiger partial charge >= 0.3 is 0 Å². The Morgan fingerprint density at radius 2 is 2.18 bits per heavy atom. The Hall–Kier alpha value is -1.89. The van der Waals surface area contributed by atoms with Gasteiger partial charge in [-0.2, -0.15) is 5.10 Å². The summed E-state index contributed by atoms with van der Waals surface area (Å²) in [6.45, 7) is 4.84. The third-order valence-electron chi connectivity index (χ3n) is 4.27. The van der Waals surface area contributed by atoms with Crippen LogP contribution in [-0.2, 0) is 14.3 Å². The Kier molecular flexibility index (Phi) is 4.15. The Labute approximate surface area is 129 Å². The lowest BCUT2D eigenvalue weighted by Crippen LogP contribution is -2.37. The molecule has 0 spiro atoms. The first-order valence-corrected chi connectivity index (χ1v) is 7.80. The number of rotatable bonds is 3. The first-order valence-electron chi connectivity index (χ1n) is 7.80. The number of likely N-dealkylation sites (tertiary alicyclic amines) is 1. The molecule has 1 aromatic heterocycles. The second kappa shape index (κ2) is 6.08. The van der Waals surface area contributed by atoms with E-state index in [1.165, 1.54) is 6.92 Å². The standard InChI is InChI=1S/C15H22N4O3/c1-10-3-4-13(22-10)15(21)18-7-5-12(9-18)19-8-6-14(17-19)16-11(2)20/h6,8,10,12-13H,3-5,7,9H2,1-2H3,(H,16,17,20)/t10-,12-,13+/m1/s1. The van der Waals surface area contributed by atoms with Crippen molar-refractivity contribution in [2.24, 2.45) is 0 Å². The number of ether oxygens (including phenoxy) is 1. The van der Waals surface area contributed by atoms with Gasteiger partial charge in [0.15, 0.2) is 5.82 Å². The maximum absolute atomic E-state index is 12.4. The zero-order valence-corrected chi connectivity index (χ0v) is 13.0. The maximum atomic E-state index is 12.4. The summed E-state index contributed by atoms with van der Waals surface area (Å²) in [5.74, 6) is 0.507.